The summed E-state index contributed by atoms with van der Waals surface area (Å²) in [5.74, 6) is 0. The molecule has 0 aromatic heterocycles. The van der Waals surface area contributed by atoms with Crippen molar-refractivity contribution in [1.82, 2.24) is 0 Å². The number of unbranched alkanes of at least 4 members (excludes halogenated alkanes) is 3. The molecule has 0 spiro atoms. The molecule has 0 unspecified atom stereocenters. The van der Waals surface area contributed by atoms with Gasteiger partial charge in [0.25, 0.3) is 0 Å². The summed E-state index contributed by atoms with van der Waals surface area (Å²) in [5, 5.41) is 0. The molecule has 0 atom stereocenters. The Morgan fingerprint density at radius 1 is 1.00 bits per heavy atom. The SMILES string of the molecule is C=CCOP(=O)(OCC=C)OCCCCCC. The van der Waals surface area contributed by atoms with Crippen LogP contribution >= 0.6 is 7.82 Å². The van der Waals surface area contributed by atoms with E-state index in [1.165, 1.54) is 12.2 Å². The van der Waals surface area contributed by atoms with Crippen LogP contribution in [0.15, 0.2) is 25.3 Å². The van der Waals surface area contributed by atoms with Gasteiger partial charge < -0.3 is 0 Å². The molecule has 0 aliphatic rings. The van der Waals surface area contributed by atoms with Crippen molar-refractivity contribution in [1.29, 1.82) is 0 Å². The molecule has 0 amide bonds. The highest BCUT2D eigenvalue weighted by molar-refractivity contribution is 7.48. The van der Waals surface area contributed by atoms with Gasteiger partial charge in [-0.15, -0.1) is 13.2 Å². The molecule has 0 aromatic carbocycles. The van der Waals surface area contributed by atoms with Crippen LogP contribution in [0.2, 0.25) is 0 Å². The van der Waals surface area contributed by atoms with Crippen molar-refractivity contribution in [3.05, 3.63) is 25.3 Å². The van der Waals surface area contributed by atoms with Gasteiger partial charge in [-0.25, -0.2) is 4.57 Å². The fourth-order valence-corrected chi connectivity index (χ4v) is 2.26. The lowest BCUT2D eigenvalue weighted by molar-refractivity contribution is 0.129. The molecular formula is C12H23O4P. The second-order valence-electron chi connectivity index (χ2n) is 3.51. The van der Waals surface area contributed by atoms with Crippen molar-refractivity contribution in [2.45, 2.75) is 32.6 Å². The molecule has 0 aliphatic heterocycles. The molecule has 5 heteroatoms. The lowest BCUT2D eigenvalue weighted by atomic mass is 10.2. The maximum Gasteiger partial charge on any atom is 0.475 e. The van der Waals surface area contributed by atoms with Gasteiger partial charge >= 0.3 is 7.82 Å². The molecule has 0 radical (unpaired) electrons. The van der Waals surface area contributed by atoms with Gasteiger partial charge in [-0.1, -0.05) is 38.3 Å². The Balaban J connectivity index is 3.95. The van der Waals surface area contributed by atoms with Crippen LogP contribution in [0.5, 0.6) is 0 Å². The molecule has 0 saturated heterocycles. The van der Waals surface area contributed by atoms with Crippen LogP contribution in [-0.2, 0) is 18.1 Å². The van der Waals surface area contributed by atoms with E-state index in [-0.39, 0.29) is 13.2 Å². The van der Waals surface area contributed by atoms with E-state index in [1.807, 2.05) is 0 Å². The molecule has 100 valence electrons. The van der Waals surface area contributed by atoms with Crippen molar-refractivity contribution >= 4 is 7.82 Å². The zero-order valence-electron chi connectivity index (χ0n) is 10.6. The Hall–Kier alpha value is -0.410. The fourth-order valence-electron chi connectivity index (χ4n) is 1.10. The Morgan fingerprint density at radius 2 is 1.59 bits per heavy atom. The summed E-state index contributed by atoms with van der Waals surface area (Å²) in [6, 6.07) is 0. The second-order valence-corrected chi connectivity index (χ2v) is 5.18. The number of phosphoric ester groups is 1. The molecule has 0 N–H and O–H groups in total. The lowest BCUT2D eigenvalue weighted by Crippen LogP contribution is -2.02. The minimum Gasteiger partial charge on any atom is -0.287 e. The summed E-state index contributed by atoms with van der Waals surface area (Å²) < 4.78 is 27.3. The van der Waals surface area contributed by atoms with E-state index in [0.717, 1.165) is 25.7 Å². The smallest absolute Gasteiger partial charge is 0.287 e. The van der Waals surface area contributed by atoms with Gasteiger partial charge in [0.2, 0.25) is 0 Å². The minimum atomic E-state index is -3.44. The first-order chi connectivity index (χ1) is 8.18. The van der Waals surface area contributed by atoms with E-state index in [0.29, 0.717) is 6.61 Å². The topological polar surface area (TPSA) is 44.8 Å². The zero-order valence-corrected chi connectivity index (χ0v) is 11.5. The van der Waals surface area contributed by atoms with E-state index in [9.17, 15) is 4.57 Å². The summed E-state index contributed by atoms with van der Waals surface area (Å²) in [5.41, 5.74) is 0. The van der Waals surface area contributed by atoms with E-state index in [4.69, 9.17) is 13.6 Å². The largest absolute Gasteiger partial charge is 0.475 e. The molecule has 17 heavy (non-hydrogen) atoms. The summed E-state index contributed by atoms with van der Waals surface area (Å²) in [6.45, 7) is 9.77. The molecule has 0 aromatic rings. The van der Waals surface area contributed by atoms with Crippen LogP contribution in [0.3, 0.4) is 0 Å². The van der Waals surface area contributed by atoms with Crippen molar-refractivity contribution in [2.24, 2.45) is 0 Å². The third kappa shape index (κ3) is 9.31. The van der Waals surface area contributed by atoms with Crippen molar-refractivity contribution in [2.75, 3.05) is 19.8 Å². The van der Waals surface area contributed by atoms with Crippen LogP contribution in [0.25, 0.3) is 0 Å². The van der Waals surface area contributed by atoms with Crippen molar-refractivity contribution in [3.8, 4) is 0 Å². The molecule has 0 heterocycles. The monoisotopic (exact) mass is 262 g/mol. The molecule has 4 nitrogen and oxygen atoms in total. The van der Waals surface area contributed by atoms with Gasteiger partial charge in [0.05, 0.1) is 19.8 Å². The Bertz CT molecular complexity index is 237. The molecule has 0 fully saturated rings. The Kier molecular flexibility index (Phi) is 10.5. The summed E-state index contributed by atoms with van der Waals surface area (Å²) in [4.78, 5) is 0. The number of hydrogen-bond acceptors (Lipinski definition) is 4. The first-order valence-corrected chi connectivity index (χ1v) is 7.40. The zero-order chi connectivity index (χ0) is 13.0. The Morgan fingerprint density at radius 3 is 2.06 bits per heavy atom. The second kappa shape index (κ2) is 10.7. The standard InChI is InChI=1S/C12H23O4P/c1-4-7-8-9-12-16-17(13,14-10-5-2)15-11-6-3/h5-6H,2-4,7-12H2,1H3. The van der Waals surface area contributed by atoms with Gasteiger partial charge in [0.1, 0.15) is 0 Å². The predicted molar refractivity (Wildman–Crippen MR) is 70.0 cm³/mol. The maximum absolute atomic E-state index is 12.0. The number of hydrogen-bond donors (Lipinski definition) is 0. The summed E-state index contributed by atoms with van der Waals surface area (Å²) in [6.07, 6.45) is 7.22. The van der Waals surface area contributed by atoms with Gasteiger partial charge in [0, 0.05) is 0 Å². The van der Waals surface area contributed by atoms with Gasteiger partial charge in [-0.05, 0) is 6.42 Å². The van der Waals surface area contributed by atoms with E-state index < -0.39 is 7.82 Å². The van der Waals surface area contributed by atoms with Crippen LogP contribution in [0, 0.1) is 0 Å². The van der Waals surface area contributed by atoms with E-state index in [2.05, 4.69) is 20.1 Å². The predicted octanol–water partition coefficient (Wildman–Crippen LogP) is 4.10. The number of rotatable bonds is 12. The summed E-state index contributed by atoms with van der Waals surface area (Å²) >= 11 is 0. The molecule has 0 aliphatic carbocycles. The quantitative estimate of drug-likeness (QED) is 0.302. The van der Waals surface area contributed by atoms with Crippen LogP contribution < -0.4 is 0 Å². The first kappa shape index (κ1) is 16.6. The van der Waals surface area contributed by atoms with Crippen LogP contribution in [-0.4, -0.2) is 19.8 Å². The highest BCUT2D eigenvalue weighted by Crippen LogP contribution is 2.49. The Labute approximate surface area is 104 Å². The average Bonchev–Trinajstić information content (AvgIpc) is 2.34. The molecular weight excluding hydrogens is 239 g/mol. The molecule has 0 bridgehead atoms. The first-order valence-electron chi connectivity index (χ1n) is 5.94. The molecule has 0 rings (SSSR count). The highest BCUT2D eigenvalue weighted by Gasteiger charge is 2.25. The minimum absolute atomic E-state index is 0.142. The number of phosphoric acid groups is 1. The third-order valence-electron chi connectivity index (χ3n) is 1.95. The summed E-state index contributed by atoms with van der Waals surface area (Å²) in [7, 11) is -3.44. The van der Waals surface area contributed by atoms with E-state index >= 15 is 0 Å². The van der Waals surface area contributed by atoms with E-state index in [1.54, 1.807) is 0 Å². The third-order valence-corrected chi connectivity index (χ3v) is 3.38. The maximum atomic E-state index is 12.0. The molecule has 0 saturated carbocycles. The normalized spacial score (nSPS) is 11.4. The lowest BCUT2D eigenvalue weighted by Gasteiger charge is -2.16. The van der Waals surface area contributed by atoms with Gasteiger partial charge in [-0.3, -0.25) is 13.6 Å². The van der Waals surface area contributed by atoms with Gasteiger partial charge in [-0.2, -0.15) is 0 Å². The van der Waals surface area contributed by atoms with Crippen molar-refractivity contribution < 1.29 is 18.1 Å². The highest BCUT2D eigenvalue weighted by atomic mass is 31.2. The van der Waals surface area contributed by atoms with Crippen molar-refractivity contribution in [3.63, 3.8) is 0 Å². The average molecular weight is 262 g/mol. The van der Waals surface area contributed by atoms with Gasteiger partial charge in [0.15, 0.2) is 0 Å². The van der Waals surface area contributed by atoms with Crippen LogP contribution in [0.4, 0.5) is 0 Å². The fraction of sp³-hybridized carbons (Fsp3) is 0.667. The van der Waals surface area contributed by atoms with Crippen LogP contribution in [0.1, 0.15) is 32.6 Å².